The van der Waals surface area contributed by atoms with Gasteiger partial charge in [-0.1, -0.05) is 24.3 Å². The summed E-state index contributed by atoms with van der Waals surface area (Å²) in [7, 11) is 1.76. The molecule has 0 aromatic heterocycles. The number of anilines is 1. The molecule has 1 fully saturated rings. The standard InChI is InChI=1S/C22H27N3O2S/c1-16-7-6-8-19(21(26)25-13-4-5-14-25)20(16)23-22(27)24(2)15-17-9-11-18(28-3)12-10-17/h6-12H,4-5,13-15H2,1-3H3,(H,23,27). The summed E-state index contributed by atoms with van der Waals surface area (Å²) in [5.41, 5.74) is 3.12. The molecule has 1 N–H and O–H groups in total. The van der Waals surface area contributed by atoms with Gasteiger partial charge in [0, 0.05) is 31.6 Å². The van der Waals surface area contributed by atoms with Crippen LogP contribution < -0.4 is 5.32 Å². The van der Waals surface area contributed by atoms with Crippen LogP contribution in [-0.4, -0.2) is 48.1 Å². The number of aryl methyl sites for hydroxylation is 1. The minimum Gasteiger partial charge on any atom is -0.339 e. The van der Waals surface area contributed by atoms with Crippen molar-refractivity contribution >= 4 is 29.4 Å². The van der Waals surface area contributed by atoms with Gasteiger partial charge in [-0.3, -0.25) is 4.79 Å². The Hall–Kier alpha value is -2.47. The zero-order valence-corrected chi connectivity index (χ0v) is 17.5. The van der Waals surface area contributed by atoms with E-state index in [1.165, 1.54) is 4.90 Å². The summed E-state index contributed by atoms with van der Waals surface area (Å²) in [6.07, 6.45) is 4.12. The second-order valence-electron chi connectivity index (χ2n) is 7.13. The van der Waals surface area contributed by atoms with Crippen LogP contribution in [0.4, 0.5) is 10.5 Å². The molecule has 28 heavy (non-hydrogen) atoms. The van der Waals surface area contributed by atoms with Gasteiger partial charge in [0.2, 0.25) is 0 Å². The third-order valence-electron chi connectivity index (χ3n) is 5.05. The number of rotatable bonds is 5. The van der Waals surface area contributed by atoms with Crippen LogP contribution in [0.2, 0.25) is 0 Å². The van der Waals surface area contributed by atoms with Crippen molar-refractivity contribution in [3.63, 3.8) is 0 Å². The number of urea groups is 1. The Kier molecular flexibility index (Phi) is 6.62. The number of hydrogen-bond donors (Lipinski definition) is 1. The molecule has 1 aliphatic rings. The molecule has 0 aliphatic carbocycles. The lowest BCUT2D eigenvalue weighted by atomic mass is 10.1. The zero-order valence-electron chi connectivity index (χ0n) is 16.7. The SMILES string of the molecule is CSc1ccc(CN(C)C(=O)Nc2c(C)cccc2C(=O)N2CCCC2)cc1. The average Bonchev–Trinajstić information content (AvgIpc) is 3.24. The number of carbonyl (C=O) groups is 2. The normalized spacial score (nSPS) is 13.5. The van der Waals surface area contributed by atoms with Gasteiger partial charge in [0.05, 0.1) is 11.3 Å². The van der Waals surface area contributed by atoms with Gasteiger partial charge in [0.1, 0.15) is 0 Å². The summed E-state index contributed by atoms with van der Waals surface area (Å²) in [5, 5.41) is 2.96. The Morgan fingerprint density at radius 1 is 1.11 bits per heavy atom. The third-order valence-corrected chi connectivity index (χ3v) is 5.80. The molecular formula is C22H27N3O2S. The summed E-state index contributed by atoms with van der Waals surface area (Å²) < 4.78 is 0. The average molecular weight is 398 g/mol. The third kappa shape index (κ3) is 4.68. The molecule has 0 radical (unpaired) electrons. The number of para-hydroxylation sites is 1. The van der Waals surface area contributed by atoms with E-state index in [-0.39, 0.29) is 11.9 Å². The maximum Gasteiger partial charge on any atom is 0.321 e. The molecule has 3 rings (SSSR count). The van der Waals surface area contributed by atoms with E-state index in [4.69, 9.17) is 0 Å². The Balaban J connectivity index is 1.72. The van der Waals surface area contributed by atoms with Crippen LogP contribution in [0.5, 0.6) is 0 Å². The molecule has 6 heteroatoms. The predicted octanol–water partition coefficient (Wildman–Crippen LogP) is 4.62. The maximum absolute atomic E-state index is 12.9. The minimum atomic E-state index is -0.223. The number of nitrogens with one attached hydrogen (secondary N) is 1. The first kappa shape index (κ1) is 20.3. The number of benzene rings is 2. The van der Waals surface area contributed by atoms with Crippen LogP contribution in [0.15, 0.2) is 47.4 Å². The highest BCUT2D eigenvalue weighted by atomic mass is 32.2. The van der Waals surface area contributed by atoms with Crippen molar-refractivity contribution in [3.05, 3.63) is 59.2 Å². The zero-order chi connectivity index (χ0) is 20.1. The van der Waals surface area contributed by atoms with Crippen LogP contribution in [0.3, 0.4) is 0 Å². The number of nitrogens with zero attached hydrogens (tertiary/aromatic N) is 2. The largest absolute Gasteiger partial charge is 0.339 e. The number of hydrogen-bond acceptors (Lipinski definition) is 3. The van der Waals surface area contributed by atoms with Gasteiger partial charge in [-0.25, -0.2) is 4.79 Å². The van der Waals surface area contributed by atoms with E-state index in [2.05, 4.69) is 17.4 Å². The fraction of sp³-hybridized carbons (Fsp3) is 0.364. The first-order valence-electron chi connectivity index (χ1n) is 9.53. The molecule has 2 aromatic rings. The molecule has 5 nitrogen and oxygen atoms in total. The van der Waals surface area contributed by atoms with Gasteiger partial charge >= 0.3 is 6.03 Å². The van der Waals surface area contributed by atoms with E-state index in [9.17, 15) is 9.59 Å². The number of amides is 3. The molecule has 1 heterocycles. The number of thioether (sulfide) groups is 1. The second-order valence-corrected chi connectivity index (χ2v) is 8.01. The lowest BCUT2D eigenvalue weighted by molar-refractivity contribution is 0.0793. The highest BCUT2D eigenvalue weighted by molar-refractivity contribution is 7.98. The van der Waals surface area contributed by atoms with Gasteiger partial charge in [-0.05, 0) is 55.3 Å². The molecule has 0 atom stereocenters. The van der Waals surface area contributed by atoms with Gasteiger partial charge in [0.25, 0.3) is 5.91 Å². The summed E-state index contributed by atoms with van der Waals surface area (Å²) in [4.78, 5) is 30.3. The van der Waals surface area contributed by atoms with Crippen LogP contribution >= 0.6 is 11.8 Å². The van der Waals surface area contributed by atoms with E-state index in [1.807, 2.05) is 42.3 Å². The molecule has 0 spiro atoms. The summed E-state index contributed by atoms with van der Waals surface area (Å²) in [5.74, 6) is -0.00759. The smallest absolute Gasteiger partial charge is 0.321 e. The van der Waals surface area contributed by atoms with Gasteiger partial charge in [-0.2, -0.15) is 0 Å². The molecular weight excluding hydrogens is 370 g/mol. The Morgan fingerprint density at radius 2 is 1.79 bits per heavy atom. The van der Waals surface area contributed by atoms with E-state index in [1.54, 1.807) is 29.8 Å². The Labute approximate surface area is 171 Å². The lowest BCUT2D eigenvalue weighted by Gasteiger charge is -2.22. The van der Waals surface area contributed by atoms with Crippen molar-refractivity contribution < 1.29 is 9.59 Å². The van der Waals surface area contributed by atoms with Crippen LogP contribution in [0.25, 0.3) is 0 Å². The summed E-state index contributed by atoms with van der Waals surface area (Å²) in [6.45, 7) is 3.98. The van der Waals surface area contributed by atoms with Crippen LogP contribution in [-0.2, 0) is 6.54 Å². The highest BCUT2D eigenvalue weighted by Gasteiger charge is 2.23. The fourth-order valence-corrected chi connectivity index (χ4v) is 3.79. The molecule has 2 aromatic carbocycles. The van der Waals surface area contributed by atoms with Crippen molar-refractivity contribution in [1.82, 2.24) is 9.80 Å². The highest BCUT2D eigenvalue weighted by Crippen LogP contribution is 2.24. The predicted molar refractivity (Wildman–Crippen MR) is 115 cm³/mol. The quantitative estimate of drug-likeness (QED) is 0.749. The topological polar surface area (TPSA) is 52.7 Å². The molecule has 0 saturated carbocycles. The van der Waals surface area contributed by atoms with Gasteiger partial charge in [0.15, 0.2) is 0 Å². The Morgan fingerprint density at radius 3 is 2.43 bits per heavy atom. The first-order chi connectivity index (χ1) is 13.5. The minimum absolute atomic E-state index is 0.00759. The van der Waals surface area contributed by atoms with Gasteiger partial charge < -0.3 is 15.1 Å². The number of likely N-dealkylation sites (tertiary alicyclic amines) is 1. The van der Waals surface area contributed by atoms with E-state index >= 15 is 0 Å². The Bertz CT molecular complexity index is 845. The fourth-order valence-electron chi connectivity index (χ4n) is 3.38. The van der Waals surface area contributed by atoms with Crippen molar-refractivity contribution in [3.8, 4) is 0 Å². The van der Waals surface area contributed by atoms with Gasteiger partial charge in [-0.15, -0.1) is 11.8 Å². The maximum atomic E-state index is 12.9. The molecule has 3 amide bonds. The van der Waals surface area contributed by atoms with E-state index in [0.29, 0.717) is 17.8 Å². The molecule has 1 saturated heterocycles. The van der Waals surface area contributed by atoms with Crippen molar-refractivity contribution in [2.75, 3.05) is 31.7 Å². The van der Waals surface area contributed by atoms with Crippen LogP contribution in [0.1, 0.15) is 34.3 Å². The number of carbonyl (C=O) groups excluding carboxylic acids is 2. The second kappa shape index (κ2) is 9.15. The van der Waals surface area contributed by atoms with E-state index < -0.39 is 0 Å². The van der Waals surface area contributed by atoms with Crippen LogP contribution in [0, 0.1) is 6.92 Å². The molecule has 1 aliphatic heterocycles. The monoisotopic (exact) mass is 397 g/mol. The molecule has 0 bridgehead atoms. The molecule has 148 valence electrons. The summed E-state index contributed by atoms with van der Waals surface area (Å²) in [6, 6.07) is 13.5. The van der Waals surface area contributed by atoms with Crippen molar-refractivity contribution in [2.24, 2.45) is 0 Å². The lowest BCUT2D eigenvalue weighted by Crippen LogP contribution is -2.33. The molecule has 0 unspecified atom stereocenters. The van der Waals surface area contributed by atoms with Crippen molar-refractivity contribution in [1.29, 1.82) is 0 Å². The summed E-state index contributed by atoms with van der Waals surface area (Å²) >= 11 is 1.69. The van der Waals surface area contributed by atoms with Crippen molar-refractivity contribution in [2.45, 2.75) is 31.2 Å². The van der Waals surface area contributed by atoms with E-state index in [0.717, 1.165) is 37.1 Å². The first-order valence-corrected chi connectivity index (χ1v) is 10.8.